The van der Waals surface area contributed by atoms with Gasteiger partial charge in [-0.15, -0.1) is 5.10 Å². The molecule has 21 heavy (non-hydrogen) atoms. The van der Waals surface area contributed by atoms with Crippen molar-refractivity contribution in [1.82, 2.24) is 20.3 Å². The fourth-order valence-electron chi connectivity index (χ4n) is 2.96. The molecule has 1 saturated carbocycles. The molecule has 1 heterocycles. The van der Waals surface area contributed by atoms with E-state index in [-0.39, 0.29) is 24.2 Å². The Balaban J connectivity index is 1.88. The van der Waals surface area contributed by atoms with E-state index in [2.05, 4.69) is 22.6 Å². The second-order valence-electron chi connectivity index (χ2n) is 5.59. The van der Waals surface area contributed by atoms with Crippen LogP contribution in [0.1, 0.15) is 55.9 Å². The summed E-state index contributed by atoms with van der Waals surface area (Å²) >= 11 is 0. The molecule has 1 aliphatic rings. The number of nitrogens with one attached hydrogen (secondary N) is 1. The number of hydrogen-bond donors (Lipinski definition) is 2. The molecule has 2 rings (SSSR count). The number of carboxylic acids is 1. The first-order valence-electron chi connectivity index (χ1n) is 7.53. The Kier molecular flexibility index (Phi) is 5.30. The average Bonchev–Trinajstić information content (AvgIpc) is 2.94. The summed E-state index contributed by atoms with van der Waals surface area (Å²) in [7, 11) is 0. The number of carbonyl (C=O) groups excluding carboxylic acids is 1. The zero-order chi connectivity index (χ0) is 15.2. The summed E-state index contributed by atoms with van der Waals surface area (Å²) in [4.78, 5) is 22.8. The number of nitrogens with zero attached hydrogens (tertiary/aromatic N) is 3. The molecule has 1 atom stereocenters. The third-order valence-electron chi connectivity index (χ3n) is 4.07. The number of rotatable bonds is 6. The highest BCUT2D eigenvalue weighted by Gasteiger charge is 2.23. The smallest absolute Gasteiger partial charge is 0.358 e. The number of carboxylic acid groups (broad SMARTS) is 1. The lowest BCUT2D eigenvalue weighted by atomic mass is 9.83. The summed E-state index contributed by atoms with van der Waals surface area (Å²) in [5.74, 6) is -0.734. The van der Waals surface area contributed by atoms with Crippen LogP contribution in [0.15, 0.2) is 6.20 Å². The van der Waals surface area contributed by atoms with Gasteiger partial charge in [-0.3, -0.25) is 4.79 Å². The second-order valence-corrected chi connectivity index (χ2v) is 5.59. The number of hydrogen-bond acceptors (Lipinski definition) is 4. The minimum absolute atomic E-state index is 0.00347. The van der Waals surface area contributed by atoms with E-state index in [4.69, 9.17) is 5.11 Å². The SMILES string of the molecule is CCC(NC(=O)Cn1cc(C(=O)O)nn1)C1CCCCC1. The molecule has 1 aromatic heterocycles. The summed E-state index contributed by atoms with van der Waals surface area (Å²) in [6.07, 6.45) is 8.29. The maximum absolute atomic E-state index is 12.1. The highest BCUT2D eigenvalue weighted by atomic mass is 16.4. The zero-order valence-electron chi connectivity index (χ0n) is 12.3. The van der Waals surface area contributed by atoms with E-state index >= 15 is 0 Å². The number of aromatic carboxylic acids is 1. The van der Waals surface area contributed by atoms with E-state index < -0.39 is 5.97 Å². The van der Waals surface area contributed by atoms with Gasteiger partial charge in [0.2, 0.25) is 5.91 Å². The van der Waals surface area contributed by atoms with Crippen molar-refractivity contribution in [3.05, 3.63) is 11.9 Å². The molecule has 0 radical (unpaired) electrons. The van der Waals surface area contributed by atoms with Crippen LogP contribution >= 0.6 is 0 Å². The van der Waals surface area contributed by atoms with Gasteiger partial charge in [0.25, 0.3) is 0 Å². The van der Waals surface area contributed by atoms with Gasteiger partial charge in [0.05, 0.1) is 6.20 Å². The van der Waals surface area contributed by atoms with Gasteiger partial charge in [0.15, 0.2) is 5.69 Å². The van der Waals surface area contributed by atoms with Crippen LogP contribution < -0.4 is 5.32 Å². The second kappa shape index (κ2) is 7.19. The first-order chi connectivity index (χ1) is 10.1. The van der Waals surface area contributed by atoms with Gasteiger partial charge in [-0.1, -0.05) is 31.4 Å². The lowest BCUT2D eigenvalue weighted by Crippen LogP contribution is -2.42. The Bertz CT molecular complexity index is 494. The molecule has 1 aliphatic carbocycles. The predicted octanol–water partition coefficient (Wildman–Crippen LogP) is 1.45. The monoisotopic (exact) mass is 294 g/mol. The molecule has 7 heteroatoms. The quantitative estimate of drug-likeness (QED) is 0.827. The van der Waals surface area contributed by atoms with Crippen LogP contribution in [0.4, 0.5) is 0 Å². The van der Waals surface area contributed by atoms with Crippen molar-refractivity contribution in [2.75, 3.05) is 0 Å². The number of carbonyl (C=O) groups is 2. The predicted molar refractivity (Wildman–Crippen MR) is 75.8 cm³/mol. The first-order valence-corrected chi connectivity index (χ1v) is 7.53. The van der Waals surface area contributed by atoms with Gasteiger partial charge in [0.1, 0.15) is 6.54 Å². The highest BCUT2D eigenvalue weighted by Crippen LogP contribution is 2.27. The van der Waals surface area contributed by atoms with Crippen molar-refractivity contribution in [2.45, 2.75) is 58.0 Å². The average molecular weight is 294 g/mol. The Labute approximate surface area is 123 Å². The zero-order valence-corrected chi connectivity index (χ0v) is 12.3. The highest BCUT2D eigenvalue weighted by molar-refractivity contribution is 5.84. The Hall–Kier alpha value is -1.92. The van der Waals surface area contributed by atoms with Crippen molar-refractivity contribution < 1.29 is 14.7 Å². The molecule has 1 amide bonds. The Morgan fingerprint density at radius 2 is 2.14 bits per heavy atom. The molecule has 7 nitrogen and oxygen atoms in total. The van der Waals surface area contributed by atoms with E-state index in [1.54, 1.807) is 0 Å². The summed E-state index contributed by atoms with van der Waals surface area (Å²) in [5, 5.41) is 19.0. The summed E-state index contributed by atoms with van der Waals surface area (Å²) in [5.41, 5.74) is -0.151. The minimum atomic E-state index is -1.14. The van der Waals surface area contributed by atoms with Gasteiger partial charge in [-0.25, -0.2) is 9.48 Å². The van der Waals surface area contributed by atoms with Gasteiger partial charge >= 0.3 is 5.97 Å². The van der Waals surface area contributed by atoms with Crippen LogP contribution in [0.3, 0.4) is 0 Å². The van der Waals surface area contributed by atoms with Gasteiger partial charge in [-0.05, 0) is 25.2 Å². The van der Waals surface area contributed by atoms with Crippen LogP contribution in [0.5, 0.6) is 0 Å². The molecule has 116 valence electrons. The summed E-state index contributed by atoms with van der Waals surface area (Å²) in [6, 6.07) is 0.195. The minimum Gasteiger partial charge on any atom is -0.476 e. The standard InChI is InChI=1S/C14H22N4O3/c1-2-11(10-6-4-3-5-7-10)15-13(19)9-18-8-12(14(20)21)16-17-18/h8,10-11H,2-7,9H2,1H3,(H,15,19)(H,20,21). The fraction of sp³-hybridized carbons (Fsp3) is 0.714. The van der Waals surface area contributed by atoms with Crippen molar-refractivity contribution in [3.63, 3.8) is 0 Å². The molecular formula is C14H22N4O3. The molecule has 0 spiro atoms. The third kappa shape index (κ3) is 4.27. The van der Waals surface area contributed by atoms with E-state index in [9.17, 15) is 9.59 Å². The van der Waals surface area contributed by atoms with Crippen molar-refractivity contribution in [1.29, 1.82) is 0 Å². The lowest BCUT2D eigenvalue weighted by Gasteiger charge is -2.30. The molecule has 0 bridgehead atoms. The maximum Gasteiger partial charge on any atom is 0.358 e. The molecule has 1 fully saturated rings. The normalized spacial score (nSPS) is 17.4. The van der Waals surface area contributed by atoms with Crippen LogP contribution in [-0.2, 0) is 11.3 Å². The summed E-state index contributed by atoms with van der Waals surface area (Å²) < 4.78 is 1.26. The van der Waals surface area contributed by atoms with Crippen LogP contribution in [0, 0.1) is 5.92 Å². The number of amides is 1. The molecule has 1 unspecified atom stereocenters. The van der Waals surface area contributed by atoms with Gasteiger partial charge in [-0.2, -0.15) is 0 Å². The Morgan fingerprint density at radius 1 is 1.43 bits per heavy atom. The largest absolute Gasteiger partial charge is 0.476 e. The molecule has 0 aromatic carbocycles. The van der Waals surface area contributed by atoms with Crippen LogP contribution in [-0.4, -0.2) is 38.0 Å². The van der Waals surface area contributed by atoms with Crippen molar-refractivity contribution >= 4 is 11.9 Å². The molecule has 0 saturated heterocycles. The van der Waals surface area contributed by atoms with Crippen LogP contribution in [0.2, 0.25) is 0 Å². The lowest BCUT2D eigenvalue weighted by molar-refractivity contribution is -0.123. The number of aromatic nitrogens is 3. The van der Waals surface area contributed by atoms with E-state index in [0.29, 0.717) is 5.92 Å². The van der Waals surface area contributed by atoms with E-state index in [0.717, 1.165) is 6.42 Å². The topological polar surface area (TPSA) is 97.1 Å². The molecule has 1 aromatic rings. The van der Waals surface area contributed by atoms with Gasteiger partial charge in [0, 0.05) is 6.04 Å². The van der Waals surface area contributed by atoms with E-state index in [1.807, 2.05) is 0 Å². The first kappa shape index (κ1) is 15.5. The fourth-order valence-corrected chi connectivity index (χ4v) is 2.96. The molecule has 2 N–H and O–H groups in total. The van der Waals surface area contributed by atoms with Crippen molar-refractivity contribution in [2.24, 2.45) is 5.92 Å². The van der Waals surface area contributed by atoms with E-state index in [1.165, 1.54) is 43.0 Å². The molecular weight excluding hydrogens is 272 g/mol. The van der Waals surface area contributed by atoms with Gasteiger partial charge < -0.3 is 10.4 Å². The summed E-state index contributed by atoms with van der Waals surface area (Å²) in [6.45, 7) is 2.08. The van der Waals surface area contributed by atoms with Crippen LogP contribution in [0.25, 0.3) is 0 Å². The maximum atomic E-state index is 12.1. The molecule has 0 aliphatic heterocycles. The Morgan fingerprint density at radius 3 is 2.71 bits per heavy atom. The van der Waals surface area contributed by atoms with Crippen molar-refractivity contribution in [3.8, 4) is 0 Å². The third-order valence-corrected chi connectivity index (χ3v) is 4.07.